The highest BCUT2D eigenvalue weighted by Gasteiger charge is 2.38. The molecule has 0 spiro atoms. The van der Waals surface area contributed by atoms with Gasteiger partial charge in [0, 0.05) is 24.6 Å². The van der Waals surface area contributed by atoms with Gasteiger partial charge in [0.2, 0.25) is 5.91 Å². The van der Waals surface area contributed by atoms with E-state index in [0.717, 1.165) is 49.3 Å². The summed E-state index contributed by atoms with van der Waals surface area (Å²) in [5.41, 5.74) is 7.18. The fourth-order valence-corrected chi connectivity index (χ4v) is 4.66. The Kier molecular flexibility index (Phi) is 7.80. The molecule has 0 bridgehead atoms. The highest BCUT2D eigenvalue weighted by Crippen LogP contribution is 2.42. The topological polar surface area (TPSA) is 64.8 Å². The fourth-order valence-electron chi connectivity index (χ4n) is 4.66. The van der Waals surface area contributed by atoms with Gasteiger partial charge in [-0.2, -0.15) is 0 Å². The van der Waals surface area contributed by atoms with Crippen LogP contribution >= 0.6 is 12.4 Å². The molecule has 1 aliphatic heterocycles. The molecule has 6 heteroatoms. The summed E-state index contributed by atoms with van der Waals surface area (Å²) in [5.74, 6) is 1.81. The van der Waals surface area contributed by atoms with Crippen molar-refractivity contribution in [3.63, 3.8) is 0 Å². The first-order valence-electron chi connectivity index (χ1n) is 9.84. The number of amides is 1. The average Bonchev–Trinajstić information content (AvgIpc) is 3.18. The Hall–Kier alpha value is -1.46. The van der Waals surface area contributed by atoms with Crippen LogP contribution < -0.4 is 15.2 Å². The normalized spacial score (nSPS) is 21.4. The zero-order valence-corrected chi connectivity index (χ0v) is 17.4. The number of benzene rings is 1. The zero-order chi connectivity index (χ0) is 18.6. The smallest absolute Gasteiger partial charge is 0.223 e. The Balaban J connectivity index is 0.00000261. The molecular formula is C21H33ClN2O3. The van der Waals surface area contributed by atoms with Crippen molar-refractivity contribution in [3.05, 3.63) is 23.8 Å². The predicted molar refractivity (Wildman–Crippen MR) is 110 cm³/mol. The monoisotopic (exact) mass is 396 g/mol. The molecule has 1 amide bonds. The average molecular weight is 397 g/mol. The molecule has 2 aliphatic rings. The Morgan fingerprint density at radius 1 is 1.19 bits per heavy atom. The van der Waals surface area contributed by atoms with Gasteiger partial charge < -0.3 is 20.1 Å². The van der Waals surface area contributed by atoms with Gasteiger partial charge in [0.15, 0.2) is 0 Å². The van der Waals surface area contributed by atoms with Crippen LogP contribution in [0.3, 0.4) is 0 Å². The predicted octanol–water partition coefficient (Wildman–Crippen LogP) is 4.09. The van der Waals surface area contributed by atoms with Gasteiger partial charge in [0.1, 0.15) is 11.5 Å². The molecule has 1 saturated heterocycles. The molecule has 1 unspecified atom stereocenters. The van der Waals surface area contributed by atoms with Crippen molar-refractivity contribution in [2.45, 2.75) is 57.4 Å². The Morgan fingerprint density at radius 2 is 1.93 bits per heavy atom. The lowest BCUT2D eigenvalue weighted by Gasteiger charge is -2.38. The molecule has 1 saturated carbocycles. The number of likely N-dealkylation sites (tertiary alicyclic amines) is 1. The van der Waals surface area contributed by atoms with Gasteiger partial charge in [0.25, 0.3) is 0 Å². The van der Waals surface area contributed by atoms with Crippen LogP contribution in [-0.2, 0) is 4.79 Å². The van der Waals surface area contributed by atoms with Gasteiger partial charge >= 0.3 is 0 Å². The molecule has 1 atom stereocenters. The summed E-state index contributed by atoms with van der Waals surface area (Å²) in [7, 11) is 3.32. The number of rotatable bonds is 6. The first-order valence-corrected chi connectivity index (χ1v) is 9.84. The van der Waals surface area contributed by atoms with Gasteiger partial charge in [-0.05, 0) is 49.8 Å². The number of nitrogens with two attached hydrogens (primary N) is 1. The molecule has 2 fully saturated rings. The second-order valence-electron chi connectivity index (χ2n) is 7.79. The molecule has 1 aliphatic carbocycles. The first kappa shape index (κ1) is 21.8. The van der Waals surface area contributed by atoms with Crippen molar-refractivity contribution in [2.24, 2.45) is 11.1 Å². The van der Waals surface area contributed by atoms with E-state index >= 15 is 0 Å². The van der Waals surface area contributed by atoms with Crippen LogP contribution in [0.15, 0.2) is 18.2 Å². The first-order chi connectivity index (χ1) is 12.6. The summed E-state index contributed by atoms with van der Waals surface area (Å²) in [4.78, 5) is 15.2. The molecule has 1 aromatic carbocycles. The molecule has 1 heterocycles. The summed E-state index contributed by atoms with van der Waals surface area (Å²) in [6.07, 6.45) is 8.41. The molecule has 3 rings (SSSR count). The van der Waals surface area contributed by atoms with Gasteiger partial charge in [0.05, 0.1) is 20.3 Å². The standard InChI is InChI=1S/C21H32N2O3.ClH/c1-25-16-8-9-17(19(13-16)26-2)18-7-6-12-23(18)20(24)14-21(15-22)10-4-3-5-11-21;/h8-9,13,18H,3-7,10-12,14-15,22H2,1-2H3;1H. The maximum absolute atomic E-state index is 13.2. The van der Waals surface area contributed by atoms with Crippen LogP contribution in [0.4, 0.5) is 0 Å². The van der Waals surface area contributed by atoms with Gasteiger partial charge in [-0.3, -0.25) is 4.79 Å². The fraction of sp³-hybridized carbons (Fsp3) is 0.667. The van der Waals surface area contributed by atoms with Crippen LogP contribution in [0.25, 0.3) is 0 Å². The lowest BCUT2D eigenvalue weighted by atomic mass is 9.71. The maximum atomic E-state index is 13.2. The van der Waals surface area contributed by atoms with Crippen LogP contribution in [-0.4, -0.2) is 38.1 Å². The van der Waals surface area contributed by atoms with Crippen LogP contribution in [0, 0.1) is 5.41 Å². The second kappa shape index (κ2) is 9.65. The number of hydrogen-bond acceptors (Lipinski definition) is 4. The van der Waals surface area contributed by atoms with Gasteiger partial charge in [-0.15, -0.1) is 12.4 Å². The molecule has 0 aromatic heterocycles. The summed E-state index contributed by atoms with van der Waals surface area (Å²) in [6.45, 7) is 1.43. The number of carbonyl (C=O) groups excluding carboxylic acids is 1. The lowest BCUT2D eigenvalue weighted by Crippen LogP contribution is -2.40. The lowest BCUT2D eigenvalue weighted by molar-refractivity contribution is -0.135. The van der Waals surface area contributed by atoms with E-state index in [0.29, 0.717) is 13.0 Å². The second-order valence-corrected chi connectivity index (χ2v) is 7.79. The quantitative estimate of drug-likeness (QED) is 0.786. The minimum Gasteiger partial charge on any atom is -0.497 e. The number of carbonyl (C=O) groups is 1. The SMILES string of the molecule is COc1ccc(C2CCCN2C(=O)CC2(CN)CCCCC2)c(OC)c1.Cl. The van der Waals surface area contributed by atoms with Crippen molar-refractivity contribution >= 4 is 18.3 Å². The summed E-state index contributed by atoms with van der Waals surface area (Å²) in [5, 5.41) is 0. The van der Waals surface area contributed by atoms with E-state index in [2.05, 4.69) is 4.90 Å². The van der Waals surface area contributed by atoms with Crippen molar-refractivity contribution in [1.82, 2.24) is 4.90 Å². The molecular weight excluding hydrogens is 364 g/mol. The minimum atomic E-state index is 0. The van der Waals surface area contributed by atoms with E-state index < -0.39 is 0 Å². The van der Waals surface area contributed by atoms with E-state index in [9.17, 15) is 4.79 Å². The molecule has 27 heavy (non-hydrogen) atoms. The maximum Gasteiger partial charge on any atom is 0.223 e. The molecule has 0 radical (unpaired) electrons. The summed E-state index contributed by atoms with van der Waals surface area (Å²) in [6, 6.07) is 5.97. The van der Waals surface area contributed by atoms with Crippen molar-refractivity contribution in [3.8, 4) is 11.5 Å². The Morgan fingerprint density at radius 3 is 2.56 bits per heavy atom. The minimum absolute atomic E-state index is 0. The molecule has 5 nitrogen and oxygen atoms in total. The van der Waals surface area contributed by atoms with Gasteiger partial charge in [-0.25, -0.2) is 0 Å². The number of nitrogens with zero attached hydrogens (tertiary/aromatic N) is 1. The van der Waals surface area contributed by atoms with E-state index in [1.54, 1.807) is 14.2 Å². The molecule has 152 valence electrons. The largest absolute Gasteiger partial charge is 0.497 e. The third kappa shape index (κ3) is 4.69. The highest BCUT2D eigenvalue weighted by atomic mass is 35.5. The van der Waals surface area contributed by atoms with Crippen LogP contribution in [0.1, 0.15) is 63.0 Å². The third-order valence-corrected chi connectivity index (χ3v) is 6.25. The summed E-state index contributed by atoms with van der Waals surface area (Å²) < 4.78 is 10.9. The number of hydrogen-bond donors (Lipinski definition) is 1. The van der Waals surface area contributed by atoms with E-state index in [1.165, 1.54) is 19.3 Å². The number of ether oxygens (including phenoxy) is 2. The number of halogens is 1. The zero-order valence-electron chi connectivity index (χ0n) is 16.5. The Bertz CT molecular complexity index is 632. The molecule has 2 N–H and O–H groups in total. The van der Waals surface area contributed by atoms with E-state index in [1.807, 2.05) is 18.2 Å². The van der Waals surface area contributed by atoms with Crippen molar-refractivity contribution in [2.75, 3.05) is 27.3 Å². The Labute approximate surface area is 169 Å². The van der Waals surface area contributed by atoms with E-state index in [4.69, 9.17) is 15.2 Å². The van der Waals surface area contributed by atoms with Crippen LogP contribution in [0.2, 0.25) is 0 Å². The highest BCUT2D eigenvalue weighted by molar-refractivity contribution is 5.85. The van der Waals surface area contributed by atoms with Crippen molar-refractivity contribution in [1.29, 1.82) is 0 Å². The van der Waals surface area contributed by atoms with E-state index in [-0.39, 0.29) is 29.8 Å². The van der Waals surface area contributed by atoms with Gasteiger partial charge in [-0.1, -0.05) is 19.3 Å². The van der Waals surface area contributed by atoms with Crippen LogP contribution in [0.5, 0.6) is 11.5 Å². The third-order valence-electron chi connectivity index (χ3n) is 6.25. The molecule has 1 aromatic rings. The summed E-state index contributed by atoms with van der Waals surface area (Å²) >= 11 is 0. The number of methoxy groups -OCH3 is 2. The van der Waals surface area contributed by atoms with Crippen molar-refractivity contribution < 1.29 is 14.3 Å².